The molecule has 1 aliphatic carbocycles. The molecule has 0 aromatic carbocycles. The van der Waals surface area contributed by atoms with Crippen molar-refractivity contribution in [3.05, 3.63) is 17.5 Å². The van der Waals surface area contributed by atoms with Crippen LogP contribution in [0.3, 0.4) is 0 Å². The zero-order valence-electron chi connectivity index (χ0n) is 8.56. The summed E-state index contributed by atoms with van der Waals surface area (Å²) in [5, 5.41) is 0.609. The van der Waals surface area contributed by atoms with E-state index in [9.17, 15) is 0 Å². The molecule has 4 nitrogen and oxygen atoms in total. The van der Waals surface area contributed by atoms with Gasteiger partial charge in [-0.3, -0.25) is 0 Å². The number of halogens is 1. The van der Waals surface area contributed by atoms with Gasteiger partial charge in [0.1, 0.15) is 11.3 Å². The van der Waals surface area contributed by atoms with Crippen molar-refractivity contribution in [1.82, 2.24) is 9.97 Å². The molecule has 1 heterocycles. The molecule has 0 aliphatic heterocycles. The molecule has 0 amide bonds. The van der Waals surface area contributed by atoms with Crippen molar-refractivity contribution in [1.29, 1.82) is 0 Å². The van der Waals surface area contributed by atoms with Gasteiger partial charge in [0, 0.05) is 19.1 Å². The van der Waals surface area contributed by atoms with Crippen LogP contribution in [0.1, 0.15) is 19.3 Å². The highest BCUT2D eigenvalue weighted by Gasteiger charge is 2.26. The van der Waals surface area contributed by atoms with Gasteiger partial charge in [-0.05, 0) is 19.3 Å². The molecule has 0 spiro atoms. The van der Waals surface area contributed by atoms with Crippen LogP contribution in [0.2, 0.25) is 5.02 Å². The van der Waals surface area contributed by atoms with Crippen molar-refractivity contribution in [2.45, 2.75) is 25.3 Å². The molecule has 1 fully saturated rings. The second kappa shape index (κ2) is 4.77. The summed E-state index contributed by atoms with van der Waals surface area (Å²) in [5.74, 6) is 0.821. The molecular formula is C10H15ClN4. The fourth-order valence-electron chi connectivity index (χ4n) is 1.82. The van der Waals surface area contributed by atoms with E-state index in [1.54, 1.807) is 6.20 Å². The van der Waals surface area contributed by atoms with E-state index in [2.05, 4.69) is 14.9 Å². The number of nitrogens with two attached hydrogens (primary N) is 1. The summed E-state index contributed by atoms with van der Waals surface area (Å²) < 4.78 is 0. The lowest BCUT2D eigenvalue weighted by Crippen LogP contribution is -2.43. The summed E-state index contributed by atoms with van der Waals surface area (Å²) >= 11 is 6.07. The van der Waals surface area contributed by atoms with Crippen LogP contribution >= 0.6 is 11.6 Å². The molecule has 5 heteroatoms. The largest absolute Gasteiger partial charge is 0.351 e. The van der Waals surface area contributed by atoms with Crippen molar-refractivity contribution < 1.29 is 0 Å². The predicted octanol–water partition coefficient (Wildman–Crippen LogP) is 1.45. The van der Waals surface area contributed by atoms with E-state index in [-0.39, 0.29) is 0 Å². The Labute approximate surface area is 94.5 Å². The maximum Gasteiger partial charge on any atom is 0.151 e. The third kappa shape index (κ3) is 2.21. The zero-order chi connectivity index (χ0) is 10.7. The molecule has 0 bridgehead atoms. The van der Waals surface area contributed by atoms with E-state index in [1.807, 2.05) is 0 Å². The van der Waals surface area contributed by atoms with E-state index in [0.29, 0.717) is 17.6 Å². The van der Waals surface area contributed by atoms with Crippen LogP contribution in [-0.2, 0) is 0 Å². The summed E-state index contributed by atoms with van der Waals surface area (Å²) in [6.45, 7) is 1.43. The van der Waals surface area contributed by atoms with Crippen LogP contribution in [0.15, 0.2) is 12.5 Å². The summed E-state index contributed by atoms with van der Waals surface area (Å²) in [7, 11) is 0. The number of aromatic nitrogens is 2. The normalized spacial score (nSPS) is 16.1. The van der Waals surface area contributed by atoms with E-state index < -0.39 is 0 Å². The average molecular weight is 227 g/mol. The highest BCUT2D eigenvalue weighted by Crippen LogP contribution is 2.31. The van der Waals surface area contributed by atoms with Crippen molar-refractivity contribution in [3.63, 3.8) is 0 Å². The second-order valence-corrected chi connectivity index (χ2v) is 4.17. The van der Waals surface area contributed by atoms with Gasteiger partial charge in [-0.25, -0.2) is 9.97 Å². The molecule has 82 valence electrons. The lowest BCUT2D eigenvalue weighted by molar-refractivity contribution is 0.386. The fourth-order valence-corrected chi connectivity index (χ4v) is 2.03. The topological polar surface area (TPSA) is 55.0 Å². The molecule has 1 aromatic heterocycles. The third-order valence-electron chi connectivity index (χ3n) is 2.81. The third-order valence-corrected chi connectivity index (χ3v) is 3.07. The van der Waals surface area contributed by atoms with Crippen LogP contribution in [0.25, 0.3) is 0 Å². The maximum atomic E-state index is 6.07. The van der Waals surface area contributed by atoms with Gasteiger partial charge in [0.25, 0.3) is 0 Å². The summed E-state index contributed by atoms with van der Waals surface area (Å²) in [6.07, 6.45) is 6.87. The molecule has 1 aliphatic rings. The van der Waals surface area contributed by atoms with E-state index in [0.717, 1.165) is 12.4 Å². The first kappa shape index (κ1) is 10.6. The van der Waals surface area contributed by atoms with E-state index >= 15 is 0 Å². The molecule has 0 radical (unpaired) electrons. The Kier molecular flexibility index (Phi) is 3.38. The van der Waals surface area contributed by atoms with Gasteiger partial charge in [0.15, 0.2) is 5.82 Å². The Bertz CT molecular complexity index is 327. The molecule has 0 atom stereocenters. The summed E-state index contributed by atoms with van der Waals surface area (Å²) in [4.78, 5) is 10.3. The molecular weight excluding hydrogens is 212 g/mol. The minimum Gasteiger partial charge on any atom is -0.351 e. The standard InChI is InChI=1S/C10H15ClN4/c11-9-6-13-7-14-10(9)15(5-4-12)8-2-1-3-8/h6-8H,1-5,12H2. The molecule has 0 saturated heterocycles. The predicted molar refractivity (Wildman–Crippen MR) is 61.1 cm³/mol. The van der Waals surface area contributed by atoms with Gasteiger partial charge in [0.05, 0.1) is 6.20 Å². The monoisotopic (exact) mass is 226 g/mol. The number of hydrogen-bond acceptors (Lipinski definition) is 4. The van der Waals surface area contributed by atoms with Crippen LogP contribution in [-0.4, -0.2) is 29.1 Å². The van der Waals surface area contributed by atoms with Gasteiger partial charge in [-0.1, -0.05) is 11.6 Å². The Morgan fingerprint density at radius 3 is 2.87 bits per heavy atom. The number of rotatable bonds is 4. The van der Waals surface area contributed by atoms with E-state index in [4.69, 9.17) is 17.3 Å². The van der Waals surface area contributed by atoms with Gasteiger partial charge in [-0.2, -0.15) is 0 Å². The number of hydrogen-bond donors (Lipinski definition) is 1. The lowest BCUT2D eigenvalue weighted by atomic mass is 9.91. The average Bonchev–Trinajstić information content (AvgIpc) is 2.15. The van der Waals surface area contributed by atoms with Gasteiger partial charge in [-0.15, -0.1) is 0 Å². The van der Waals surface area contributed by atoms with Crippen LogP contribution in [0, 0.1) is 0 Å². The van der Waals surface area contributed by atoms with E-state index in [1.165, 1.54) is 25.6 Å². The Hall–Kier alpha value is -0.870. The minimum absolute atomic E-state index is 0.556. The summed E-state index contributed by atoms with van der Waals surface area (Å²) in [6, 6.07) is 0.556. The molecule has 2 N–H and O–H groups in total. The molecule has 1 aromatic rings. The van der Waals surface area contributed by atoms with Gasteiger partial charge < -0.3 is 10.6 Å². The van der Waals surface area contributed by atoms with Gasteiger partial charge in [0.2, 0.25) is 0 Å². The van der Waals surface area contributed by atoms with Crippen molar-refractivity contribution in [2.24, 2.45) is 5.73 Å². The molecule has 0 unspecified atom stereocenters. The minimum atomic E-state index is 0.556. The Morgan fingerprint density at radius 1 is 1.53 bits per heavy atom. The first-order valence-corrected chi connectivity index (χ1v) is 5.63. The van der Waals surface area contributed by atoms with Crippen molar-refractivity contribution in [3.8, 4) is 0 Å². The SMILES string of the molecule is NCCN(c1ncncc1Cl)C1CCC1. The molecule has 2 rings (SSSR count). The van der Waals surface area contributed by atoms with Gasteiger partial charge >= 0.3 is 0 Å². The zero-order valence-corrected chi connectivity index (χ0v) is 9.32. The van der Waals surface area contributed by atoms with Crippen LogP contribution in [0.4, 0.5) is 5.82 Å². The first-order valence-electron chi connectivity index (χ1n) is 5.25. The molecule has 1 saturated carbocycles. The quantitative estimate of drug-likeness (QED) is 0.845. The number of anilines is 1. The lowest BCUT2D eigenvalue weighted by Gasteiger charge is -2.38. The van der Waals surface area contributed by atoms with Crippen molar-refractivity contribution in [2.75, 3.05) is 18.0 Å². The Balaban J connectivity index is 2.19. The highest BCUT2D eigenvalue weighted by molar-refractivity contribution is 6.32. The Morgan fingerprint density at radius 2 is 2.33 bits per heavy atom. The van der Waals surface area contributed by atoms with Crippen LogP contribution in [0.5, 0.6) is 0 Å². The van der Waals surface area contributed by atoms with Crippen molar-refractivity contribution >= 4 is 17.4 Å². The highest BCUT2D eigenvalue weighted by atomic mass is 35.5. The fraction of sp³-hybridized carbons (Fsp3) is 0.600. The maximum absolute atomic E-state index is 6.07. The first-order chi connectivity index (χ1) is 7.33. The number of nitrogens with zero attached hydrogens (tertiary/aromatic N) is 3. The second-order valence-electron chi connectivity index (χ2n) is 3.76. The smallest absolute Gasteiger partial charge is 0.151 e. The van der Waals surface area contributed by atoms with Crippen LogP contribution < -0.4 is 10.6 Å². The summed E-state index contributed by atoms with van der Waals surface area (Å²) in [5.41, 5.74) is 5.61. The molecule has 15 heavy (non-hydrogen) atoms.